The van der Waals surface area contributed by atoms with E-state index in [0.29, 0.717) is 54.0 Å². The summed E-state index contributed by atoms with van der Waals surface area (Å²) in [5, 5.41) is 10.0. The Bertz CT molecular complexity index is 3490. The minimum atomic E-state index is -5.02. The van der Waals surface area contributed by atoms with Crippen LogP contribution in [0.2, 0.25) is 0 Å². The molecule has 93 heavy (non-hydrogen) atoms. The Hall–Kier alpha value is -8.00. The predicted molar refractivity (Wildman–Crippen MR) is 320 cm³/mol. The fourth-order valence-electron chi connectivity index (χ4n) is 11.2. The highest BCUT2D eigenvalue weighted by Gasteiger charge is 2.53. The summed E-state index contributed by atoms with van der Waals surface area (Å²) < 4.78 is 193. The summed E-state index contributed by atoms with van der Waals surface area (Å²) >= 11 is 0. The van der Waals surface area contributed by atoms with Gasteiger partial charge in [-0.3, -0.25) is 9.80 Å². The van der Waals surface area contributed by atoms with Crippen LogP contribution in [0.25, 0.3) is 0 Å². The molecule has 7 aromatic carbocycles. The second kappa shape index (κ2) is 29.5. The number of piperidine rings is 2. The summed E-state index contributed by atoms with van der Waals surface area (Å²) in [5.74, 6) is 0. The van der Waals surface area contributed by atoms with Gasteiger partial charge in [0.25, 0.3) is 0 Å². The first-order chi connectivity index (χ1) is 43.9. The van der Waals surface area contributed by atoms with E-state index in [9.17, 15) is 67.4 Å². The molecule has 0 unspecified atom stereocenters. The van der Waals surface area contributed by atoms with Crippen LogP contribution < -0.4 is 11.5 Å². The lowest BCUT2D eigenvalue weighted by Gasteiger charge is -2.52. The quantitative estimate of drug-likeness (QED) is 0.0665. The molecular formula is C69H70F12N4O8. The van der Waals surface area contributed by atoms with Crippen LogP contribution in [-0.4, -0.2) is 77.7 Å². The zero-order valence-electron chi connectivity index (χ0n) is 50.6. The van der Waals surface area contributed by atoms with Gasteiger partial charge in [0.05, 0.1) is 89.7 Å². The second-order valence-corrected chi connectivity index (χ2v) is 23.5. The van der Waals surface area contributed by atoms with Crippen molar-refractivity contribution < 1.29 is 91.1 Å². The Morgan fingerprint density at radius 3 is 1.06 bits per heavy atom. The third-order valence-corrected chi connectivity index (χ3v) is 16.6. The molecule has 2 aliphatic heterocycles. The van der Waals surface area contributed by atoms with Gasteiger partial charge >= 0.3 is 36.9 Å². The number of aliphatic hydroxyl groups is 1. The largest absolute Gasteiger partial charge is 0.445 e. The van der Waals surface area contributed by atoms with Crippen LogP contribution in [0.5, 0.6) is 0 Å². The Morgan fingerprint density at radius 2 is 0.742 bits per heavy atom. The van der Waals surface area contributed by atoms with E-state index in [2.05, 4.69) is 0 Å². The van der Waals surface area contributed by atoms with Crippen molar-refractivity contribution in [3.63, 3.8) is 0 Å². The van der Waals surface area contributed by atoms with Crippen molar-refractivity contribution in [3.8, 4) is 0 Å². The predicted octanol–water partition coefficient (Wildman–Crippen LogP) is 15.9. The molecule has 498 valence electrons. The van der Waals surface area contributed by atoms with Crippen LogP contribution in [0, 0.1) is 0 Å². The molecule has 0 aliphatic carbocycles. The molecule has 9 rings (SSSR count). The summed E-state index contributed by atoms with van der Waals surface area (Å²) in [5.41, 5.74) is 5.76. The van der Waals surface area contributed by atoms with Crippen LogP contribution in [0.1, 0.15) is 113 Å². The monoisotopic (exact) mass is 1310 g/mol. The number of halogens is 12. The fraction of sp³-hybridized carbons (Fsp3) is 0.362. The van der Waals surface area contributed by atoms with Crippen molar-refractivity contribution in [2.45, 2.75) is 118 Å². The number of hydrogen-bond donors (Lipinski definition) is 3. The number of amides is 2. The van der Waals surface area contributed by atoms with E-state index in [1.807, 2.05) is 36.4 Å². The summed E-state index contributed by atoms with van der Waals surface area (Å²) in [6.07, 6.45) is -23.0. The van der Waals surface area contributed by atoms with Gasteiger partial charge in [0.1, 0.15) is 13.2 Å². The Labute approximate surface area is 529 Å². The molecular weight excluding hydrogens is 1240 g/mol. The number of nitrogens with two attached hydrogens (primary N) is 2. The van der Waals surface area contributed by atoms with Gasteiger partial charge in [-0.15, -0.1) is 0 Å². The molecule has 0 spiro atoms. The number of alkyl halides is 12. The number of benzene rings is 7. The van der Waals surface area contributed by atoms with Gasteiger partial charge in [-0.25, -0.2) is 9.59 Å². The Kier molecular flexibility index (Phi) is 22.5. The second-order valence-electron chi connectivity index (χ2n) is 23.5. The molecule has 6 atom stereocenters. The maximum Gasteiger partial charge on any atom is 0.416 e. The van der Waals surface area contributed by atoms with Crippen LogP contribution in [0.3, 0.4) is 0 Å². The molecule has 2 saturated heterocycles. The summed E-state index contributed by atoms with van der Waals surface area (Å²) in [6.45, 7) is 1.77. The number of aliphatic hydroxyl groups excluding tert-OH is 1. The minimum Gasteiger partial charge on any atom is -0.445 e. The molecule has 2 aliphatic rings. The highest BCUT2D eigenvalue weighted by atomic mass is 19.4. The number of rotatable bonds is 19. The van der Waals surface area contributed by atoms with E-state index in [-0.39, 0.29) is 88.6 Å². The molecule has 2 heterocycles. The summed E-state index contributed by atoms with van der Waals surface area (Å²) in [4.78, 5) is 30.5. The topological polar surface area (TPSA) is 159 Å². The van der Waals surface area contributed by atoms with Crippen LogP contribution in [-0.2, 0) is 79.3 Å². The molecule has 0 radical (unpaired) electrons. The van der Waals surface area contributed by atoms with Gasteiger partial charge in [0, 0.05) is 13.1 Å². The van der Waals surface area contributed by atoms with Gasteiger partial charge < -0.3 is 40.3 Å². The van der Waals surface area contributed by atoms with Gasteiger partial charge in [-0.1, -0.05) is 152 Å². The smallest absolute Gasteiger partial charge is 0.416 e. The highest BCUT2D eigenvalue weighted by molar-refractivity contribution is 5.71. The minimum absolute atomic E-state index is 0.0379. The molecule has 7 aromatic rings. The number of ether oxygens (including phenoxy) is 5. The highest BCUT2D eigenvalue weighted by Crippen LogP contribution is 2.46. The van der Waals surface area contributed by atoms with Crippen LogP contribution in [0.15, 0.2) is 188 Å². The lowest BCUT2D eigenvalue weighted by atomic mass is 9.75. The van der Waals surface area contributed by atoms with Gasteiger partial charge in [-0.2, -0.15) is 52.7 Å². The maximum atomic E-state index is 14.1. The first-order valence-electron chi connectivity index (χ1n) is 29.6. The number of likely N-dealkylation sites (tertiary alicyclic amines) is 2. The van der Waals surface area contributed by atoms with E-state index in [1.54, 1.807) is 115 Å². The van der Waals surface area contributed by atoms with E-state index >= 15 is 0 Å². The van der Waals surface area contributed by atoms with Gasteiger partial charge in [0.2, 0.25) is 0 Å². The molecule has 12 nitrogen and oxygen atoms in total. The zero-order chi connectivity index (χ0) is 67.5. The SMILES string of the molecule is C[C@@H](OC[C@@]1(c2ccccc2)CC[C@](N)(CO)CN1C(=O)OCc1ccccc1)c1cc(C(F)(F)F)cc(C(F)(F)F)c1.C[C@@H](OC[C@@]1(c2ccccc2)CC[C@](N)(COCc2ccccc2)CN1C(=O)OCc1ccccc1)c1cc(C(F)(F)F)cc(C(F)(F)F)c1. The summed E-state index contributed by atoms with van der Waals surface area (Å²) in [7, 11) is 0. The van der Waals surface area contributed by atoms with E-state index in [4.69, 9.17) is 35.2 Å². The third-order valence-electron chi connectivity index (χ3n) is 16.6. The molecule has 0 bridgehead atoms. The van der Waals surface area contributed by atoms with Crippen molar-refractivity contribution in [2.75, 3.05) is 39.5 Å². The van der Waals surface area contributed by atoms with E-state index in [0.717, 1.165) is 11.1 Å². The van der Waals surface area contributed by atoms with Crippen molar-refractivity contribution in [3.05, 3.63) is 249 Å². The van der Waals surface area contributed by atoms with Crippen molar-refractivity contribution in [1.29, 1.82) is 0 Å². The standard InChI is InChI=1S/C38H38F6N2O4.C31H32F6N2O4/c1-27(30-19-32(37(39,40)41)21-33(20-30)38(42,43)44)50-26-36(31-15-9-4-10-16-31)18-17-35(45,25-48-22-28-11-5-2-6-12-28)24-46(36)34(47)49-23-29-13-7-3-8-14-29;1-21(23-14-25(30(32,33)34)16-26(15-23)31(35,36)37)43-20-29(24-10-6-3-7-11-24)13-12-28(38,19-40)18-39(29)27(41)42-17-22-8-4-2-5-9-22/h2-16,19-21,27H,17-18,22-26,45H2,1H3;2-11,14-16,21,40H,12-13,17-20,38H2,1H3/t27-,35-,36-;21-,28-,29-/m11/s1. The number of nitrogens with zero attached hydrogens (tertiary/aromatic N) is 2. The lowest BCUT2D eigenvalue weighted by molar-refractivity contribution is -0.145. The van der Waals surface area contributed by atoms with Gasteiger partial charge in [-0.05, 0) is 115 Å². The number of hydrogen-bond acceptors (Lipinski definition) is 10. The average Bonchev–Trinajstić information content (AvgIpc) is 0.757. The average molecular weight is 1310 g/mol. The fourth-order valence-corrected chi connectivity index (χ4v) is 11.2. The third kappa shape index (κ3) is 18.2. The van der Waals surface area contributed by atoms with E-state index < -0.39 is 100 Å². The van der Waals surface area contributed by atoms with E-state index in [1.165, 1.54) is 23.6 Å². The van der Waals surface area contributed by atoms with Crippen LogP contribution in [0.4, 0.5) is 62.3 Å². The van der Waals surface area contributed by atoms with Crippen molar-refractivity contribution >= 4 is 12.2 Å². The molecule has 2 amide bonds. The molecule has 2 fully saturated rings. The van der Waals surface area contributed by atoms with Crippen LogP contribution >= 0.6 is 0 Å². The Balaban J connectivity index is 0.000000242. The molecule has 0 saturated carbocycles. The molecule has 0 aromatic heterocycles. The van der Waals surface area contributed by atoms with Crippen molar-refractivity contribution in [2.24, 2.45) is 11.5 Å². The maximum absolute atomic E-state index is 14.1. The number of carbonyl (C=O) groups is 2. The van der Waals surface area contributed by atoms with Crippen molar-refractivity contribution in [1.82, 2.24) is 9.80 Å². The molecule has 24 heteroatoms. The first kappa shape index (κ1) is 70.9. The Morgan fingerprint density at radius 1 is 0.441 bits per heavy atom. The summed E-state index contributed by atoms with van der Waals surface area (Å²) in [6, 6.07) is 47.7. The first-order valence-corrected chi connectivity index (χ1v) is 29.6. The zero-order valence-corrected chi connectivity index (χ0v) is 50.6. The normalized spacial score (nSPS) is 21.0. The molecule has 5 N–H and O–H groups in total. The number of carbonyl (C=O) groups excluding carboxylic acids is 2. The van der Waals surface area contributed by atoms with Gasteiger partial charge in [0.15, 0.2) is 0 Å². The lowest BCUT2D eigenvalue weighted by Crippen LogP contribution is -2.66.